The minimum Gasteiger partial charge on any atom is -0.322 e. The van der Waals surface area contributed by atoms with E-state index in [-0.39, 0.29) is 11.1 Å². The molecule has 0 atom stereocenters. The van der Waals surface area contributed by atoms with Gasteiger partial charge in [0.25, 0.3) is 11.6 Å². The molecular formula is C17H17FN2O3. The zero-order chi connectivity index (χ0) is 17.1. The van der Waals surface area contributed by atoms with E-state index in [1.165, 1.54) is 6.92 Å². The summed E-state index contributed by atoms with van der Waals surface area (Å²) in [6.45, 7) is 5.42. The van der Waals surface area contributed by atoms with Gasteiger partial charge < -0.3 is 5.32 Å². The van der Waals surface area contributed by atoms with Crippen LogP contribution in [0.5, 0.6) is 0 Å². The normalized spacial score (nSPS) is 10.7. The van der Waals surface area contributed by atoms with Gasteiger partial charge in [-0.3, -0.25) is 14.9 Å². The summed E-state index contributed by atoms with van der Waals surface area (Å²) in [6, 6.07) is 9.34. The molecule has 0 aliphatic heterocycles. The molecule has 0 aromatic heterocycles. The number of halogens is 1. The summed E-state index contributed by atoms with van der Waals surface area (Å²) >= 11 is 0. The van der Waals surface area contributed by atoms with E-state index in [1.54, 1.807) is 12.1 Å². The van der Waals surface area contributed by atoms with Crippen LogP contribution in [0.3, 0.4) is 0 Å². The monoisotopic (exact) mass is 316 g/mol. The Morgan fingerprint density at radius 3 is 2.35 bits per heavy atom. The average Bonchev–Trinajstić information content (AvgIpc) is 2.49. The van der Waals surface area contributed by atoms with Crippen LogP contribution in [0.4, 0.5) is 15.8 Å². The topological polar surface area (TPSA) is 72.2 Å². The zero-order valence-electron chi connectivity index (χ0n) is 13.1. The van der Waals surface area contributed by atoms with Crippen molar-refractivity contribution in [1.82, 2.24) is 0 Å². The first-order valence-corrected chi connectivity index (χ1v) is 7.15. The van der Waals surface area contributed by atoms with Gasteiger partial charge in [0.05, 0.1) is 10.5 Å². The van der Waals surface area contributed by atoms with E-state index in [4.69, 9.17) is 0 Å². The largest absolute Gasteiger partial charge is 0.322 e. The molecule has 23 heavy (non-hydrogen) atoms. The number of rotatable bonds is 4. The Bertz CT molecular complexity index is 755. The minimum atomic E-state index is -0.778. The van der Waals surface area contributed by atoms with Gasteiger partial charge in [-0.15, -0.1) is 0 Å². The number of hydrogen-bond donors (Lipinski definition) is 1. The van der Waals surface area contributed by atoms with E-state index in [9.17, 15) is 19.3 Å². The van der Waals surface area contributed by atoms with Gasteiger partial charge in [0.15, 0.2) is 0 Å². The molecule has 2 rings (SSSR count). The first-order chi connectivity index (χ1) is 10.8. The number of nitrogens with zero attached hydrogens (tertiary/aromatic N) is 1. The first kappa shape index (κ1) is 16.6. The number of carbonyl (C=O) groups is 1. The molecule has 2 aromatic rings. The lowest BCUT2D eigenvalue weighted by atomic mass is 10.0. The molecule has 0 saturated carbocycles. The van der Waals surface area contributed by atoms with Gasteiger partial charge in [-0.25, -0.2) is 4.39 Å². The molecular weight excluding hydrogens is 299 g/mol. The van der Waals surface area contributed by atoms with E-state index in [2.05, 4.69) is 19.2 Å². The molecule has 0 radical (unpaired) electrons. The molecule has 1 amide bonds. The summed E-state index contributed by atoms with van der Waals surface area (Å²) in [6.07, 6.45) is 0. The van der Waals surface area contributed by atoms with E-state index >= 15 is 0 Å². The Labute approximate surface area is 133 Å². The molecule has 0 aliphatic rings. The second kappa shape index (κ2) is 6.56. The van der Waals surface area contributed by atoms with Crippen LogP contribution in [0.25, 0.3) is 0 Å². The summed E-state index contributed by atoms with van der Waals surface area (Å²) < 4.78 is 13.8. The quantitative estimate of drug-likeness (QED) is 0.670. The fraction of sp³-hybridized carbons (Fsp3) is 0.235. The van der Waals surface area contributed by atoms with Crippen molar-refractivity contribution in [2.45, 2.75) is 26.7 Å². The van der Waals surface area contributed by atoms with Crippen molar-refractivity contribution in [3.05, 3.63) is 69.0 Å². The molecule has 6 heteroatoms. The molecule has 0 bridgehead atoms. The van der Waals surface area contributed by atoms with Crippen molar-refractivity contribution in [1.29, 1.82) is 0 Å². The Hall–Kier alpha value is -2.76. The molecule has 0 saturated heterocycles. The highest BCUT2D eigenvalue weighted by molar-refractivity contribution is 6.04. The van der Waals surface area contributed by atoms with Crippen molar-refractivity contribution < 1.29 is 14.1 Å². The van der Waals surface area contributed by atoms with Gasteiger partial charge >= 0.3 is 0 Å². The average molecular weight is 316 g/mol. The maximum atomic E-state index is 13.8. The summed E-state index contributed by atoms with van der Waals surface area (Å²) in [4.78, 5) is 22.4. The van der Waals surface area contributed by atoms with Crippen molar-refractivity contribution in [3.8, 4) is 0 Å². The number of hydrogen-bond acceptors (Lipinski definition) is 3. The first-order valence-electron chi connectivity index (χ1n) is 7.15. The van der Waals surface area contributed by atoms with E-state index < -0.39 is 22.3 Å². The predicted molar refractivity (Wildman–Crippen MR) is 86.3 cm³/mol. The highest BCUT2D eigenvalue weighted by Gasteiger charge is 2.19. The molecule has 0 fully saturated rings. The Balaban J connectivity index is 2.25. The van der Waals surface area contributed by atoms with Gasteiger partial charge in [-0.05, 0) is 36.6 Å². The molecule has 5 nitrogen and oxygen atoms in total. The predicted octanol–water partition coefficient (Wildman–Crippen LogP) is 4.42. The van der Waals surface area contributed by atoms with E-state index in [0.717, 1.165) is 17.7 Å². The number of nitrogens with one attached hydrogen (secondary N) is 1. The zero-order valence-corrected chi connectivity index (χ0v) is 13.1. The Morgan fingerprint density at radius 1 is 1.22 bits per heavy atom. The van der Waals surface area contributed by atoms with Gasteiger partial charge in [0.1, 0.15) is 5.82 Å². The third-order valence-electron chi connectivity index (χ3n) is 3.61. The van der Waals surface area contributed by atoms with Crippen molar-refractivity contribution in [2.75, 3.05) is 5.32 Å². The summed E-state index contributed by atoms with van der Waals surface area (Å²) in [7, 11) is 0. The molecule has 1 N–H and O–H groups in total. The highest BCUT2D eigenvalue weighted by atomic mass is 19.1. The summed E-state index contributed by atoms with van der Waals surface area (Å²) in [5.41, 5.74) is 1.08. The van der Waals surface area contributed by atoms with Gasteiger partial charge in [-0.1, -0.05) is 26.0 Å². The number of benzene rings is 2. The number of anilines is 1. The summed E-state index contributed by atoms with van der Waals surface area (Å²) in [5.74, 6) is -1.00. The SMILES string of the molecule is Cc1c(F)cc(C(=O)Nc2ccc(C(C)C)cc2)cc1[N+](=O)[O-]. The van der Waals surface area contributed by atoms with Crippen molar-refractivity contribution in [3.63, 3.8) is 0 Å². The van der Waals surface area contributed by atoms with Crippen LogP contribution in [0.2, 0.25) is 0 Å². The van der Waals surface area contributed by atoms with Crippen LogP contribution < -0.4 is 5.32 Å². The Kier molecular flexibility index (Phi) is 4.74. The van der Waals surface area contributed by atoms with Gasteiger partial charge in [0.2, 0.25) is 0 Å². The standard InChI is InChI=1S/C17H17FN2O3/c1-10(2)12-4-6-14(7-5-12)19-17(21)13-8-15(18)11(3)16(9-13)20(22)23/h4-10H,1-3H3,(H,19,21). The lowest BCUT2D eigenvalue weighted by Crippen LogP contribution is -2.13. The summed E-state index contributed by atoms with van der Waals surface area (Å²) in [5, 5.41) is 13.5. The highest BCUT2D eigenvalue weighted by Crippen LogP contribution is 2.24. The van der Waals surface area contributed by atoms with Crippen molar-refractivity contribution >= 4 is 17.3 Å². The van der Waals surface area contributed by atoms with Crippen LogP contribution in [0.15, 0.2) is 36.4 Å². The minimum absolute atomic E-state index is 0.0900. The molecule has 0 aliphatic carbocycles. The second-order valence-electron chi connectivity index (χ2n) is 5.59. The fourth-order valence-corrected chi connectivity index (χ4v) is 2.14. The van der Waals surface area contributed by atoms with Crippen LogP contribution >= 0.6 is 0 Å². The molecule has 2 aromatic carbocycles. The lowest BCUT2D eigenvalue weighted by molar-refractivity contribution is -0.385. The van der Waals surface area contributed by atoms with E-state index in [1.807, 2.05) is 12.1 Å². The number of nitro groups is 1. The maximum absolute atomic E-state index is 13.8. The smallest absolute Gasteiger partial charge is 0.276 e. The molecule has 0 spiro atoms. The Morgan fingerprint density at radius 2 is 1.83 bits per heavy atom. The number of nitro benzene ring substituents is 1. The maximum Gasteiger partial charge on any atom is 0.276 e. The fourth-order valence-electron chi connectivity index (χ4n) is 2.14. The third kappa shape index (κ3) is 3.71. The van der Waals surface area contributed by atoms with Crippen LogP contribution in [-0.4, -0.2) is 10.8 Å². The molecule has 120 valence electrons. The van der Waals surface area contributed by atoms with Crippen LogP contribution in [0, 0.1) is 22.9 Å². The molecule has 0 heterocycles. The third-order valence-corrected chi connectivity index (χ3v) is 3.61. The van der Waals surface area contributed by atoms with Gasteiger partial charge in [0, 0.05) is 17.3 Å². The number of amides is 1. The number of carbonyl (C=O) groups excluding carboxylic acids is 1. The lowest BCUT2D eigenvalue weighted by Gasteiger charge is -2.09. The van der Waals surface area contributed by atoms with Gasteiger partial charge in [-0.2, -0.15) is 0 Å². The van der Waals surface area contributed by atoms with Crippen LogP contribution in [0.1, 0.15) is 41.3 Å². The molecule has 0 unspecified atom stereocenters. The van der Waals surface area contributed by atoms with E-state index in [0.29, 0.717) is 11.6 Å². The van der Waals surface area contributed by atoms with Crippen LogP contribution in [-0.2, 0) is 0 Å². The second-order valence-corrected chi connectivity index (χ2v) is 5.59. The van der Waals surface area contributed by atoms with Crippen molar-refractivity contribution in [2.24, 2.45) is 0 Å².